The minimum Gasteiger partial charge on any atom is -0.296 e. The van der Waals surface area contributed by atoms with Gasteiger partial charge in [-0.15, -0.1) is 0 Å². The lowest BCUT2D eigenvalue weighted by Crippen LogP contribution is -2.40. The maximum absolute atomic E-state index is 15.2. The van der Waals surface area contributed by atoms with Gasteiger partial charge in [0.25, 0.3) is 0 Å². The van der Waals surface area contributed by atoms with E-state index in [0.717, 1.165) is 54.0 Å². The fraction of sp³-hybridized carbons (Fsp3) is 0.333. The second kappa shape index (κ2) is 7.75. The normalized spacial score (nSPS) is 18.4. The summed E-state index contributed by atoms with van der Waals surface area (Å²) in [6.45, 7) is 4.39. The summed E-state index contributed by atoms with van der Waals surface area (Å²) >= 11 is 1.49. The Morgan fingerprint density at radius 2 is 1.84 bits per heavy atom. The number of benzene rings is 2. The molecular formula is C27H26FN3S. The second-order valence-corrected chi connectivity index (χ2v) is 10.0. The number of nitrogens with zero attached hydrogens (tertiary/aromatic N) is 3. The Morgan fingerprint density at radius 3 is 2.50 bits per heavy atom. The van der Waals surface area contributed by atoms with Gasteiger partial charge in [-0.05, 0) is 74.2 Å². The molecule has 0 unspecified atom stereocenters. The molecule has 5 heteroatoms. The number of rotatable bonds is 6. The highest BCUT2D eigenvalue weighted by Gasteiger charge is 2.47. The lowest BCUT2D eigenvalue weighted by molar-refractivity contribution is 0.114. The van der Waals surface area contributed by atoms with Crippen molar-refractivity contribution in [2.75, 3.05) is 13.1 Å². The van der Waals surface area contributed by atoms with E-state index in [2.05, 4.69) is 54.3 Å². The molecule has 0 N–H and O–H groups in total. The van der Waals surface area contributed by atoms with Gasteiger partial charge in [0.05, 0.1) is 5.69 Å². The van der Waals surface area contributed by atoms with Gasteiger partial charge in [-0.25, -0.2) is 14.4 Å². The number of hydrogen-bond acceptors (Lipinski definition) is 4. The molecule has 0 spiro atoms. The summed E-state index contributed by atoms with van der Waals surface area (Å²) in [5, 5.41) is 0.704. The molecule has 3 nitrogen and oxygen atoms in total. The molecule has 0 bridgehead atoms. The average Bonchev–Trinajstić information content (AvgIpc) is 3.49. The summed E-state index contributed by atoms with van der Waals surface area (Å²) in [5.41, 5.74) is 4.93. The Labute approximate surface area is 192 Å². The standard InChI is InChI=1S/C27H26FN3S/c1-2-23(31-15-6-16-31)18-9-10-20(21(28)17-18)25-29-22-11-12-24(30-26(22)32-25)27(13-14-27)19-7-4-3-5-8-19/h3-5,7-12,17,23H,2,6,13-16H2,1H3/t23-/m0/s1. The minimum absolute atomic E-state index is 0.0263. The van der Waals surface area contributed by atoms with Crippen molar-refractivity contribution >= 4 is 21.7 Å². The van der Waals surface area contributed by atoms with Crippen molar-refractivity contribution in [1.29, 1.82) is 0 Å². The lowest BCUT2D eigenvalue weighted by Gasteiger charge is -2.38. The molecule has 0 radical (unpaired) electrons. The van der Waals surface area contributed by atoms with Crippen LogP contribution in [-0.4, -0.2) is 28.0 Å². The first-order chi connectivity index (χ1) is 15.7. The molecule has 2 aromatic heterocycles. The smallest absolute Gasteiger partial charge is 0.144 e. The number of halogens is 1. The number of pyridine rings is 1. The molecule has 4 aromatic rings. The molecule has 1 aliphatic heterocycles. The fourth-order valence-corrected chi connectivity index (χ4v) is 6.01. The molecule has 2 fully saturated rings. The summed E-state index contributed by atoms with van der Waals surface area (Å²) in [4.78, 5) is 13.0. The Morgan fingerprint density at radius 1 is 1.03 bits per heavy atom. The lowest BCUT2D eigenvalue weighted by atomic mass is 9.92. The largest absolute Gasteiger partial charge is 0.296 e. The number of fused-ring (bicyclic) bond motifs is 1. The number of likely N-dealkylation sites (tertiary alicyclic amines) is 1. The SMILES string of the molecule is CC[C@@H](c1ccc(-c2nc3ccc(C4(c5ccccc5)CC4)nc3s2)c(F)c1)N1CCC1. The maximum atomic E-state index is 15.2. The first-order valence-corrected chi connectivity index (χ1v) is 12.4. The van der Waals surface area contributed by atoms with Gasteiger partial charge in [-0.3, -0.25) is 4.90 Å². The Bertz CT molecular complexity index is 1270. The molecule has 6 rings (SSSR count). The van der Waals surface area contributed by atoms with Crippen molar-refractivity contribution in [1.82, 2.24) is 14.9 Å². The highest BCUT2D eigenvalue weighted by Crippen LogP contribution is 2.53. The third-order valence-electron chi connectivity index (χ3n) is 7.15. The van der Waals surface area contributed by atoms with Crippen LogP contribution in [0, 0.1) is 5.82 Å². The van der Waals surface area contributed by atoms with E-state index in [9.17, 15) is 0 Å². The third kappa shape index (κ3) is 3.26. The van der Waals surface area contributed by atoms with E-state index < -0.39 is 0 Å². The predicted molar refractivity (Wildman–Crippen MR) is 128 cm³/mol. The van der Waals surface area contributed by atoms with Crippen LogP contribution in [0.4, 0.5) is 4.39 Å². The van der Waals surface area contributed by atoms with Gasteiger partial charge in [-0.2, -0.15) is 0 Å². The molecule has 2 aromatic carbocycles. The van der Waals surface area contributed by atoms with Crippen LogP contribution in [0.25, 0.3) is 20.9 Å². The highest BCUT2D eigenvalue weighted by atomic mass is 32.1. The number of aromatic nitrogens is 2. The molecule has 3 heterocycles. The van der Waals surface area contributed by atoms with E-state index in [1.54, 1.807) is 6.07 Å². The quantitative estimate of drug-likeness (QED) is 0.331. The van der Waals surface area contributed by atoms with Crippen molar-refractivity contribution in [2.45, 2.75) is 44.1 Å². The monoisotopic (exact) mass is 443 g/mol. The van der Waals surface area contributed by atoms with Crippen LogP contribution in [0.2, 0.25) is 0 Å². The van der Waals surface area contributed by atoms with E-state index in [0.29, 0.717) is 16.6 Å². The van der Waals surface area contributed by atoms with E-state index in [4.69, 9.17) is 9.97 Å². The van der Waals surface area contributed by atoms with Crippen molar-refractivity contribution < 1.29 is 4.39 Å². The average molecular weight is 444 g/mol. The molecule has 0 amide bonds. The summed E-state index contributed by atoms with van der Waals surface area (Å²) in [7, 11) is 0. The van der Waals surface area contributed by atoms with Crippen LogP contribution in [0.1, 0.15) is 55.5 Å². The van der Waals surface area contributed by atoms with Crippen molar-refractivity contribution in [3.8, 4) is 10.6 Å². The molecular weight excluding hydrogens is 417 g/mol. The van der Waals surface area contributed by atoms with Crippen LogP contribution in [0.15, 0.2) is 60.7 Å². The number of hydrogen-bond donors (Lipinski definition) is 0. The second-order valence-electron chi connectivity index (χ2n) is 9.04. The zero-order valence-electron chi connectivity index (χ0n) is 18.2. The summed E-state index contributed by atoms with van der Waals surface area (Å²) < 4.78 is 15.2. The Kier molecular flexibility index (Phi) is 4.85. The Hall–Kier alpha value is -2.63. The maximum Gasteiger partial charge on any atom is 0.144 e. The van der Waals surface area contributed by atoms with Crippen molar-refractivity contribution in [3.63, 3.8) is 0 Å². The van der Waals surface area contributed by atoms with Gasteiger partial charge in [0.15, 0.2) is 0 Å². The van der Waals surface area contributed by atoms with Gasteiger partial charge >= 0.3 is 0 Å². The minimum atomic E-state index is -0.191. The fourth-order valence-electron chi connectivity index (χ4n) is 5.04. The molecule has 1 atom stereocenters. The summed E-state index contributed by atoms with van der Waals surface area (Å²) in [6.07, 6.45) is 4.47. The van der Waals surface area contributed by atoms with Crippen LogP contribution in [-0.2, 0) is 5.41 Å². The zero-order valence-corrected chi connectivity index (χ0v) is 19.0. The highest BCUT2D eigenvalue weighted by molar-refractivity contribution is 7.21. The van der Waals surface area contributed by atoms with Gasteiger partial charge in [0.2, 0.25) is 0 Å². The topological polar surface area (TPSA) is 29.0 Å². The molecule has 1 aliphatic carbocycles. The van der Waals surface area contributed by atoms with Gasteiger partial charge in [-0.1, -0.05) is 54.7 Å². The summed E-state index contributed by atoms with van der Waals surface area (Å²) in [5.74, 6) is -0.191. The molecule has 1 saturated heterocycles. The van der Waals surface area contributed by atoms with Gasteiger partial charge < -0.3 is 0 Å². The molecule has 1 saturated carbocycles. The van der Waals surface area contributed by atoms with E-state index in [-0.39, 0.29) is 11.2 Å². The van der Waals surface area contributed by atoms with Gasteiger partial charge in [0, 0.05) is 17.0 Å². The first kappa shape index (κ1) is 20.0. The Balaban J connectivity index is 1.33. The van der Waals surface area contributed by atoms with E-state index in [1.807, 2.05) is 12.1 Å². The number of thiazole rings is 1. The predicted octanol–water partition coefficient (Wildman–Crippen LogP) is 6.73. The molecule has 32 heavy (non-hydrogen) atoms. The van der Waals surface area contributed by atoms with Crippen LogP contribution < -0.4 is 0 Å². The van der Waals surface area contributed by atoms with Crippen LogP contribution in [0.3, 0.4) is 0 Å². The van der Waals surface area contributed by atoms with Crippen molar-refractivity contribution in [3.05, 3.63) is 83.3 Å². The van der Waals surface area contributed by atoms with E-state index >= 15 is 4.39 Å². The third-order valence-corrected chi connectivity index (χ3v) is 8.15. The van der Waals surface area contributed by atoms with E-state index in [1.165, 1.54) is 23.3 Å². The van der Waals surface area contributed by atoms with Crippen molar-refractivity contribution in [2.24, 2.45) is 0 Å². The zero-order chi connectivity index (χ0) is 21.7. The van der Waals surface area contributed by atoms with Crippen LogP contribution >= 0.6 is 11.3 Å². The van der Waals surface area contributed by atoms with Crippen LogP contribution in [0.5, 0.6) is 0 Å². The molecule has 162 valence electrons. The van der Waals surface area contributed by atoms with Gasteiger partial charge in [0.1, 0.15) is 21.2 Å². The molecule has 2 aliphatic rings. The first-order valence-electron chi connectivity index (χ1n) is 11.6. The summed E-state index contributed by atoms with van der Waals surface area (Å²) in [6, 6.07) is 20.8.